The van der Waals surface area contributed by atoms with E-state index in [0.29, 0.717) is 5.56 Å². The lowest BCUT2D eigenvalue weighted by molar-refractivity contribution is -0.143. The molecule has 0 unspecified atom stereocenters. The van der Waals surface area contributed by atoms with Crippen molar-refractivity contribution in [2.45, 2.75) is 19.7 Å². The summed E-state index contributed by atoms with van der Waals surface area (Å²) in [6, 6.07) is 6.85. The van der Waals surface area contributed by atoms with Gasteiger partial charge in [0.15, 0.2) is 0 Å². The molecule has 0 spiro atoms. The first kappa shape index (κ1) is 11.4. The Hall–Kier alpha value is -1.64. The SMILES string of the molecule is C=CCC(=O)OCc1ccc(CF)cc1. The fourth-order valence-electron chi connectivity index (χ4n) is 1.07. The van der Waals surface area contributed by atoms with Crippen LogP contribution in [0.5, 0.6) is 0 Å². The monoisotopic (exact) mass is 208 g/mol. The van der Waals surface area contributed by atoms with Gasteiger partial charge in [-0.15, -0.1) is 6.58 Å². The van der Waals surface area contributed by atoms with Crippen molar-refractivity contribution in [1.82, 2.24) is 0 Å². The molecule has 2 nitrogen and oxygen atoms in total. The number of hydrogen-bond donors (Lipinski definition) is 0. The van der Waals surface area contributed by atoms with E-state index in [1.807, 2.05) is 0 Å². The highest BCUT2D eigenvalue weighted by molar-refractivity contribution is 5.70. The summed E-state index contributed by atoms with van der Waals surface area (Å²) >= 11 is 0. The molecule has 0 bridgehead atoms. The van der Waals surface area contributed by atoms with Crippen LogP contribution < -0.4 is 0 Å². The van der Waals surface area contributed by atoms with Crippen LogP contribution in [0.3, 0.4) is 0 Å². The van der Waals surface area contributed by atoms with Gasteiger partial charge >= 0.3 is 5.97 Å². The normalized spacial score (nSPS) is 9.67. The summed E-state index contributed by atoms with van der Waals surface area (Å²) in [5.74, 6) is -0.306. The van der Waals surface area contributed by atoms with Crippen molar-refractivity contribution in [3.05, 3.63) is 48.0 Å². The first-order chi connectivity index (χ1) is 7.26. The van der Waals surface area contributed by atoms with Crippen LogP contribution in [0.1, 0.15) is 17.5 Å². The van der Waals surface area contributed by atoms with Gasteiger partial charge in [-0.25, -0.2) is 4.39 Å². The van der Waals surface area contributed by atoms with Crippen molar-refractivity contribution >= 4 is 5.97 Å². The maximum absolute atomic E-state index is 12.2. The zero-order valence-electron chi connectivity index (χ0n) is 8.41. The Morgan fingerprint density at radius 2 is 1.93 bits per heavy atom. The average Bonchev–Trinajstić information content (AvgIpc) is 2.27. The second-order valence-electron chi connectivity index (χ2n) is 3.10. The summed E-state index contributed by atoms with van der Waals surface area (Å²) in [7, 11) is 0. The Morgan fingerprint density at radius 1 is 1.33 bits per heavy atom. The number of rotatable bonds is 5. The van der Waals surface area contributed by atoms with Gasteiger partial charge < -0.3 is 4.74 Å². The van der Waals surface area contributed by atoms with Gasteiger partial charge in [-0.1, -0.05) is 30.3 Å². The predicted octanol–water partition coefficient (Wildman–Crippen LogP) is 2.78. The number of carbonyl (C=O) groups excluding carboxylic acids is 1. The Kier molecular flexibility index (Phi) is 4.54. The van der Waals surface area contributed by atoms with Gasteiger partial charge in [0.25, 0.3) is 0 Å². The number of esters is 1. The fraction of sp³-hybridized carbons (Fsp3) is 0.250. The first-order valence-corrected chi connectivity index (χ1v) is 4.66. The van der Waals surface area contributed by atoms with Gasteiger partial charge in [-0.05, 0) is 11.1 Å². The number of hydrogen-bond acceptors (Lipinski definition) is 2. The molecule has 80 valence electrons. The third-order valence-corrected chi connectivity index (χ3v) is 1.89. The minimum absolute atomic E-state index is 0.211. The number of alkyl halides is 1. The zero-order valence-corrected chi connectivity index (χ0v) is 8.41. The molecule has 0 aliphatic heterocycles. The summed E-state index contributed by atoms with van der Waals surface area (Å²) in [5.41, 5.74) is 1.47. The molecule has 1 rings (SSSR count). The van der Waals surface area contributed by atoms with Gasteiger partial charge in [0.2, 0.25) is 0 Å². The summed E-state index contributed by atoms with van der Waals surface area (Å²) in [6.07, 6.45) is 1.71. The van der Waals surface area contributed by atoms with E-state index in [1.165, 1.54) is 6.08 Å². The number of halogens is 1. The van der Waals surface area contributed by atoms with Gasteiger partial charge in [-0.3, -0.25) is 4.79 Å². The Balaban J connectivity index is 2.43. The van der Waals surface area contributed by atoms with Crippen LogP contribution in [-0.4, -0.2) is 5.97 Å². The smallest absolute Gasteiger partial charge is 0.309 e. The number of ether oxygens (including phenoxy) is 1. The van der Waals surface area contributed by atoms with Gasteiger partial charge in [0.1, 0.15) is 13.3 Å². The molecule has 1 aromatic rings. The summed E-state index contributed by atoms with van der Waals surface area (Å²) in [5, 5.41) is 0. The third-order valence-electron chi connectivity index (χ3n) is 1.89. The number of carbonyl (C=O) groups is 1. The molecule has 0 heterocycles. The Labute approximate surface area is 88.4 Å². The lowest BCUT2D eigenvalue weighted by atomic mass is 10.1. The molecular formula is C12H13FO2. The molecule has 0 fully saturated rings. The molecule has 15 heavy (non-hydrogen) atoms. The lowest BCUT2D eigenvalue weighted by Gasteiger charge is -2.03. The quantitative estimate of drug-likeness (QED) is 0.549. The van der Waals surface area contributed by atoms with Crippen LogP contribution in [0.15, 0.2) is 36.9 Å². The second-order valence-corrected chi connectivity index (χ2v) is 3.10. The van der Waals surface area contributed by atoms with Crippen LogP contribution in [0, 0.1) is 0 Å². The Bertz CT molecular complexity index is 330. The maximum Gasteiger partial charge on any atom is 0.309 e. The van der Waals surface area contributed by atoms with E-state index in [4.69, 9.17) is 4.74 Å². The largest absolute Gasteiger partial charge is 0.461 e. The van der Waals surface area contributed by atoms with Crippen molar-refractivity contribution in [2.75, 3.05) is 0 Å². The molecule has 0 aliphatic carbocycles. The van der Waals surface area contributed by atoms with Gasteiger partial charge in [0.05, 0.1) is 6.42 Å². The zero-order chi connectivity index (χ0) is 11.1. The highest BCUT2D eigenvalue weighted by atomic mass is 19.1. The van der Waals surface area contributed by atoms with Crippen LogP contribution in [0.4, 0.5) is 4.39 Å². The highest BCUT2D eigenvalue weighted by Gasteiger charge is 2.00. The van der Waals surface area contributed by atoms with Crippen LogP contribution in [0.2, 0.25) is 0 Å². The fourth-order valence-corrected chi connectivity index (χ4v) is 1.07. The van der Waals surface area contributed by atoms with Crippen molar-refractivity contribution in [3.63, 3.8) is 0 Å². The standard InChI is InChI=1S/C12H13FO2/c1-2-3-12(14)15-9-11-6-4-10(8-13)5-7-11/h2,4-7H,1,3,8-9H2. The third kappa shape index (κ3) is 3.94. The molecule has 0 aliphatic rings. The van der Waals surface area contributed by atoms with Crippen LogP contribution in [-0.2, 0) is 22.8 Å². The van der Waals surface area contributed by atoms with Gasteiger partial charge in [-0.2, -0.15) is 0 Å². The molecule has 0 amide bonds. The topological polar surface area (TPSA) is 26.3 Å². The molecular weight excluding hydrogens is 195 g/mol. The van der Waals surface area contributed by atoms with Crippen molar-refractivity contribution < 1.29 is 13.9 Å². The van der Waals surface area contributed by atoms with Crippen molar-refractivity contribution in [3.8, 4) is 0 Å². The maximum atomic E-state index is 12.2. The molecule has 0 radical (unpaired) electrons. The molecule has 0 saturated carbocycles. The minimum Gasteiger partial charge on any atom is -0.461 e. The molecule has 0 saturated heterocycles. The molecule has 0 N–H and O–H groups in total. The van der Waals surface area contributed by atoms with E-state index in [2.05, 4.69) is 6.58 Å². The lowest BCUT2D eigenvalue weighted by Crippen LogP contribution is -2.02. The van der Waals surface area contributed by atoms with Crippen molar-refractivity contribution in [1.29, 1.82) is 0 Å². The first-order valence-electron chi connectivity index (χ1n) is 4.66. The van der Waals surface area contributed by atoms with E-state index >= 15 is 0 Å². The van der Waals surface area contributed by atoms with E-state index in [-0.39, 0.29) is 19.0 Å². The van der Waals surface area contributed by atoms with Crippen LogP contribution in [0.25, 0.3) is 0 Å². The van der Waals surface area contributed by atoms with E-state index < -0.39 is 6.67 Å². The van der Waals surface area contributed by atoms with E-state index in [1.54, 1.807) is 24.3 Å². The molecule has 0 atom stereocenters. The van der Waals surface area contributed by atoms with Crippen LogP contribution >= 0.6 is 0 Å². The molecule has 0 aromatic heterocycles. The number of benzene rings is 1. The predicted molar refractivity (Wildman–Crippen MR) is 55.9 cm³/mol. The van der Waals surface area contributed by atoms with Crippen molar-refractivity contribution in [2.24, 2.45) is 0 Å². The van der Waals surface area contributed by atoms with E-state index in [9.17, 15) is 9.18 Å². The average molecular weight is 208 g/mol. The highest BCUT2D eigenvalue weighted by Crippen LogP contribution is 2.07. The van der Waals surface area contributed by atoms with Gasteiger partial charge in [0, 0.05) is 0 Å². The Morgan fingerprint density at radius 3 is 2.47 bits per heavy atom. The molecule has 3 heteroatoms. The summed E-state index contributed by atoms with van der Waals surface area (Å²) in [4.78, 5) is 11.0. The summed E-state index contributed by atoms with van der Waals surface area (Å²) in [6.45, 7) is 3.18. The summed E-state index contributed by atoms with van der Waals surface area (Å²) < 4.78 is 17.1. The second kappa shape index (κ2) is 5.96. The van der Waals surface area contributed by atoms with E-state index in [0.717, 1.165) is 5.56 Å². The molecule has 1 aromatic carbocycles. The minimum atomic E-state index is -0.476.